The molecule has 0 saturated heterocycles. The molecule has 2 aromatic carbocycles. The number of aromatic nitrogens is 1. The second kappa shape index (κ2) is 7.56. The zero-order valence-corrected chi connectivity index (χ0v) is 17.5. The molecule has 3 atom stereocenters. The molecule has 0 saturated carbocycles. The second-order valence-electron chi connectivity index (χ2n) is 7.66. The summed E-state index contributed by atoms with van der Waals surface area (Å²) in [6.45, 7) is 5.67. The van der Waals surface area contributed by atoms with E-state index in [2.05, 4.69) is 22.4 Å². The Hall–Kier alpha value is -2.79. The summed E-state index contributed by atoms with van der Waals surface area (Å²) in [5, 5.41) is 4.55. The van der Waals surface area contributed by atoms with Crippen molar-refractivity contribution in [1.29, 1.82) is 0 Å². The predicted molar refractivity (Wildman–Crippen MR) is 115 cm³/mol. The van der Waals surface area contributed by atoms with Gasteiger partial charge in [0.2, 0.25) is 11.8 Å². The molecule has 150 valence electrons. The molecular weight excluding hydrogens is 386 g/mol. The monoisotopic (exact) mass is 409 g/mol. The molecule has 6 heteroatoms. The third-order valence-electron chi connectivity index (χ3n) is 5.74. The summed E-state index contributed by atoms with van der Waals surface area (Å²) < 4.78 is 0. The van der Waals surface area contributed by atoms with E-state index in [1.807, 2.05) is 48.2 Å². The van der Waals surface area contributed by atoms with Gasteiger partial charge in [-0.05, 0) is 37.1 Å². The van der Waals surface area contributed by atoms with E-state index in [1.165, 1.54) is 12.5 Å². The molecular formula is C23H24ClN3O2. The molecule has 0 bridgehead atoms. The third-order valence-corrected chi connectivity index (χ3v) is 6.09. The van der Waals surface area contributed by atoms with E-state index in [0.717, 1.165) is 22.2 Å². The van der Waals surface area contributed by atoms with Crippen LogP contribution in [0.15, 0.2) is 48.5 Å². The molecule has 1 aliphatic rings. The van der Waals surface area contributed by atoms with Gasteiger partial charge in [0, 0.05) is 41.0 Å². The molecule has 3 unspecified atom stereocenters. The van der Waals surface area contributed by atoms with Crippen LogP contribution in [0.1, 0.15) is 49.6 Å². The topological polar surface area (TPSA) is 65.2 Å². The number of hydrogen-bond donors (Lipinski definition) is 2. The highest BCUT2D eigenvalue weighted by Gasteiger charge is 2.38. The number of carbonyl (C=O) groups excluding carboxylic acids is 2. The second-order valence-corrected chi connectivity index (χ2v) is 8.07. The summed E-state index contributed by atoms with van der Waals surface area (Å²) >= 11 is 6.57. The van der Waals surface area contributed by atoms with Gasteiger partial charge >= 0.3 is 0 Å². The van der Waals surface area contributed by atoms with Crippen LogP contribution < -0.4 is 5.32 Å². The first kappa shape index (κ1) is 19.5. The molecule has 2 amide bonds. The van der Waals surface area contributed by atoms with E-state index >= 15 is 0 Å². The zero-order valence-electron chi connectivity index (χ0n) is 16.7. The van der Waals surface area contributed by atoms with Gasteiger partial charge in [0.05, 0.1) is 6.04 Å². The smallest absolute Gasteiger partial charge is 0.245 e. The Balaban J connectivity index is 1.85. The van der Waals surface area contributed by atoms with Crippen LogP contribution >= 0.6 is 11.6 Å². The highest BCUT2D eigenvalue weighted by molar-refractivity contribution is 6.31. The minimum Gasteiger partial charge on any atom is -0.356 e. The van der Waals surface area contributed by atoms with Gasteiger partial charge in [0.1, 0.15) is 6.04 Å². The maximum absolute atomic E-state index is 13.2. The summed E-state index contributed by atoms with van der Waals surface area (Å²) in [6, 6.07) is 15.3. The van der Waals surface area contributed by atoms with Crippen molar-refractivity contribution in [2.24, 2.45) is 0 Å². The van der Waals surface area contributed by atoms with Crippen LogP contribution in [-0.2, 0) is 9.59 Å². The van der Waals surface area contributed by atoms with Crippen molar-refractivity contribution in [3.8, 4) is 0 Å². The van der Waals surface area contributed by atoms with Crippen LogP contribution in [0.4, 0.5) is 0 Å². The number of hydrogen-bond acceptors (Lipinski definition) is 2. The number of aromatic amines is 1. The van der Waals surface area contributed by atoms with Gasteiger partial charge < -0.3 is 15.2 Å². The van der Waals surface area contributed by atoms with E-state index < -0.39 is 6.04 Å². The fourth-order valence-corrected chi connectivity index (χ4v) is 4.67. The lowest BCUT2D eigenvalue weighted by Crippen LogP contribution is -2.50. The van der Waals surface area contributed by atoms with Gasteiger partial charge in [-0.2, -0.15) is 0 Å². The van der Waals surface area contributed by atoms with E-state index in [4.69, 9.17) is 11.6 Å². The largest absolute Gasteiger partial charge is 0.356 e. The summed E-state index contributed by atoms with van der Waals surface area (Å²) in [6.07, 6.45) is 0. The van der Waals surface area contributed by atoms with Crippen molar-refractivity contribution in [3.63, 3.8) is 0 Å². The van der Waals surface area contributed by atoms with Crippen LogP contribution in [0.5, 0.6) is 0 Å². The summed E-state index contributed by atoms with van der Waals surface area (Å²) in [7, 11) is 0. The number of rotatable bonds is 3. The van der Waals surface area contributed by atoms with Gasteiger partial charge in [-0.3, -0.25) is 9.59 Å². The molecule has 0 radical (unpaired) electrons. The maximum Gasteiger partial charge on any atom is 0.245 e. The maximum atomic E-state index is 13.2. The molecule has 0 fully saturated rings. The highest BCUT2D eigenvalue weighted by atomic mass is 35.5. The standard InChI is InChI=1S/C23H24ClN3O2/c1-13(25-15(3)28)23(29)27-12-18(16-8-4-6-10-19(16)24)21-17-9-5-7-11-20(17)26-22(21)14(27)2/h4-11,13-14,18,26H,12H2,1-3H3,(H,25,28). The van der Waals surface area contributed by atoms with Gasteiger partial charge in [0.25, 0.3) is 0 Å². The summed E-state index contributed by atoms with van der Waals surface area (Å²) in [5.74, 6) is -0.377. The molecule has 1 aromatic heterocycles. The molecule has 3 aromatic rings. The van der Waals surface area contributed by atoms with Crippen molar-refractivity contribution in [2.75, 3.05) is 6.54 Å². The Labute approximate surface area is 175 Å². The first-order valence-corrected chi connectivity index (χ1v) is 10.2. The molecule has 2 N–H and O–H groups in total. The van der Waals surface area contributed by atoms with E-state index in [1.54, 1.807) is 6.92 Å². The Kier molecular flexibility index (Phi) is 5.09. The molecule has 2 heterocycles. The van der Waals surface area contributed by atoms with Crippen molar-refractivity contribution in [1.82, 2.24) is 15.2 Å². The number of amides is 2. The Bertz CT molecular complexity index is 1090. The van der Waals surface area contributed by atoms with Gasteiger partial charge in [-0.1, -0.05) is 48.0 Å². The quantitative estimate of drug-likeness (QED) is 0.674. The summed E-state index contributed by atoms with van der Waals surface area (Å²) in [5.41, 5.74) is 4.26. The van der Waals surface area contributed by atoms with Crippen LogP contribution in [0.2, 0.25) is 5.02 Å². The minimum atomic E-state index is -0.590. The number of nitrogens with zero attached hydrogens (tertiary/aromatic N) is 1. The number of para-hydroxylation sites is 1. The van der Waals surface area contributed by atoms with E-state index in [9.17, 15) is 9.59 Å². The van der Waals surface area contributed by atoms with E-state index in [0.29, 0.717) is 11.6 Å². The molecule has 29 heavy (non-hydrogen) atoms. The lowest BCUT2D eigenvalue weighted by molar-refractivity contribution is -0.138. The van der Waals surface area contributed by atoms with Crippen LogP contribution in [0, 0.1) is 0 Å². The van der Waals surface area contributed by atoms with Crippen LogP contribution in [0.25, 0.3) is 10.9 Å². The van der Waals surface area contributed by atoms with Crippen molar-refractivity contribution >= 4 is 34.3 Å². The number of nitrogens with one attached hydrogen (secondary N) is 2. The zero-order chi connectivity index (χ0) is 20.7. The van der Waals surface area contributed by atoms with Crippen molar-refractivity contribution in [2.45, 2.75) is 38.8 Å². The predicted octanol–water partition coefficient (Wildman–Crippen LogP) is 4.38. The number of H-pyrrole nitrogens is 1. The number of benzene rings is 2. The van der Waals surface area contributed by atoms with Crippen molar-refractivity contribution in [3.05, 3.63) is 70.4 Å². The lowest BCUT2D eigenvalue weighted by atomic mass is 9.83. The van der Waals surface area contributed by atoms with Gasteiger partial charge in [-0.25, -0.2) is 0 Å². The minimum absolute atomic E-state index is 0.0560. The number of fused-ring (bicyclic) bond motifs is 3. The molecule has 4 rings (SSSR count). The molecule has 1 aliphatic heterocycles. The highest BCUT2D eigenvalue weighted by Crippen LogP contribution is 2.44. The number of carbonyl (C=O) groups is 2. The average Bonchev–Trinajstić information content (AvgIpc) is 3.08. The number of halogens is 1. The first-order valence-electron chi connectivity index (χ1n) is 9.81. The molecule has 0 spiro atoms. The third kappa shape index (κ3) is 3.40. The summed E-state index contributed by atoms with van der Waals surface area (Å²) in [4.78, 5) is 30.0. The normalized spacial score (nSPS) is 19.7. The van der Waals surface area contributed by atoms with Crippen LogP contribution in [0.3, 0.4) is 0 Å². The fourth-order valence-electron chi connectivity index (χ4n) is 4.40. The Morgan fingerprint density at radius 2 is 1.86 bits per heavy atom. The molecule has 0 aliphatic carbocycles. The van der Waals surface area contributed by atoms with Gasteiger partial charge in [-0.15, -0.1) is 0 Å². The average molecular weight is 410 g/mol. The van der Waals surface area contributed by atoms with Crippen LogP contribution in [-0.4, -0.2) is 34.3 Å². The lowest BCUT2D eigenvalue weighted by Gasteiger charge is -2.40. The molecule has 5 nitrogen and oxygen atoms in total. The first-order chi connectivity index (χ1) is 13.9. The van der Waals surface area contributed by atoms with Crippen molar-refractivity contribution < 1.29 is 9.59 Å². The Morgan fingerprint density at radius 3 is 2.59 bits per heavy atom. The SMILES string of the molecule is CC(=O)NC(C)C(=O)N1CC(c2ccccc2Cl)c2c([nH]c3ccccc23)C1C. The van der Waals surface area contributed by atoms with Gasteiger partial charge in [0.15, 0.2) is 0 Å². The fraction of sp³-hybridized carbons (Fsp3) is 0.304. The van der Waals surface area contributed by atoms with E-state index in [-0.39, 0.29) is 23.8 Å². The Morgan fingerprint density at radius 1 is 1.17 bits per heavy atom.